The van der Waals surface area contributed by atoms with E-state index >= 15 is 0 Å². The summed E-state index contributed by atoms with van der Waals surface area (Å²) in [5, 5.41) is 7.22. The highest BCUT2D eigenvalue weighted by molar-refractivity contribution is 5.85. The van der Waals surface area contributed by atoms with E-state index in [0.29, 0.717) is 12.5 Å². The minimum absolute atomic E-state index is 0.463. The van der Waals surface area contributed by atoms with E-state index in [2.05, 4.69) is 34.5 Å². The SMILES string of the molecule is Cc1cnn2cc(C3=CNC(N)=NC3)ccc12. The molecule has 5 heteroatoms. The smallest absolute Gasteiger partial charge is 0.192 e. The van der Waals surface area contributed by atoms with Crippen LogP contribution in [0.1, 0.15) is 11.1 Å². The van der Waals surface area contributed by atoms with Crippen LogP contribution >= 0.6 is 0 Å². The first-order valence-electron chi connectivity index (χ1n) is 5.44. The molecule has 86 valence electrons. The van der Waals surface area contributed by atoms with Gasteiger partial charge in [-0.25, -0.2) is 9.51 Å². The number of fused-ring (bicyclic) bond motifs is 1. The van der Waals surface area contributed by atoms with Crippen molar-refractivity contribution in [2.75, 3.05) is 6.54 Å². The van der Waals surface area contributed by atoms with Crippen molar-refractivity contribution in [2.24, 2.45) is 10.7 Å². The maximum Gasteiger partial charge on any atom is 0.192 e. The molecule has 0 spiro atoms. The average Bonchev–Trinajstić information content (AvgIpc) is 2.72. The number of hydrogen-bond acceptors (Lipinski definition) is 4. The van der Waals surface area contributed by atoms with Gasteiger partial charge in [-0.05, 0) is 29.7 Å². The Hall–Kier alpha value is -2.30. The van der Waals surface area contributed by atoms with Crippen LogP contribution in [0.4, 0.5) is 0 Å². The van der Waals surface area contributed by atoms with Crippen LogP contribution in [0.15, 0.2) is 35.7 Å². The Bertz CT molecular complexity index is 635. The molecule has 0 saturated heterocycles. The molecule has 1 aliphatic rings. The number of nitrogens with one attached hydrogen (secondary N) is 1. The predicted octanol–water partition coefficient (Wildman–Crippen LogP) is 0.902. The molecule has 0 amide bonds. The van der Waals surface area contributed by atoms with Crippen LogP contribution < -0.4 is 11.1 Å². The summed E-state index contributed by atoms with van der Waals surface area (Å²) in [6, 6.07) is 4.15. The fraction of sp³-hybridized carbons (Fsp3) is 0.167. The maximum absolute atomic E-state index is 5.55. The number of aryl methyl sites for hydroxylation is 1. The Morgan fingerprint density at radius 2 is 2.29 bits per heavy atom. The summed E-state index contributed by atoms with van der Waals surface area (Å²) in [7, 11) is 0. The van der Waals surface area contributed by atoms with Crippen LogP contribution in [0.3, 0.4) is 0 Å². The number of nitrogens with two attached hydrogens (primary N) is 1. The molecule has 1 aliphatic heterocycles. The first-order chi connectivity index (χ1) is 8.24. The van der Waals surface area contributed by atoms with Crippen molar-refractivity contribution in [3.8, 4) is 0 Å². The Labute approximate surface area is 98.7 Å². The van der Waals surface area contributed by atoms with E-state index in [4.69, 9.17) is 5.73 Å². The minimum atomic E-state index is 0.463. The van der Waals surface area contributed by atoms with Gasteiger partial charge in [0.1, 0.15) is 0 Å². The zero-order valence-electron chi connectivity index (χ0n) is 9.51. The van der Waals surface area contributed by atoms with Gasteiger partial charge in [-0.1, -0.05) is 6.07 Å². The van der Waals surface area contributed by atoms with E-state index < -0.39 is 0 Å². The van der Waals surface area contributed by atoms with Crippen LogP contribution in [0.25, 0.3) is 11.1 Å². The molecule has 17 heavy (non-hydrogen) atoms. The Morgan fingerprint density at radius 3 is 3.06 bits per heavy atom. The highest BCUT2D eigenvalue weighted by Gasteiger charge is 2.08. The van der Waals surface area contributed by atoms with Crippen LogP contribution in [-0.4, -0.2) is 22.1 Å². The van der Waals surface area contributed by atoms with E-state index in [-0.39, 0.29) is 0 Å². The molecule has 0 aromatic carbocycles. The molecule has 0 aliphatic carbocycles. The zero-order chi connectivity index (χ0) is 11.8. The number of rotatable bonds is 1. The van der Waals surface area contributed by atoms with Crippen molar-refractivity contribution < 1.29 is 0 Å². The van der Waals surface area contributed by atoms with Gasteiger partial charge in [-0.3, -0.25) is 0 Å². The Kier molecular flexibility index (Phi) is 2.11. The maximum atomic E-state index is 5.55. The number of pyridine rings is 1. The predicted molar refractivity (Wildman–Crippen MR) is 67.5 cm³/mol. The van der Waals surface area contributed by atoms with Gasteiger partial charge in [-0.2, -0.15) is 5.10 Å². The second kappa shape index (κ2) is 3.62. The van der Waals surface area contributed by atoms with Crippen molar-refractivity contribution in [3.63, 3.8) is 0 Å². The molecule has 0 bridgehead atoms. The van der Waals surface area contributed by atoms with Crippen LogP contribution in [0.2, 0.25) is 0 Å². The number of nitrogens with zero attached hydrogens (tertiary/aromatic N) is 3. The number of guanidine groups is 1. The largest absolute Gasteiger partial charge is 0.370 e. The molecule has 3 rings (SSSR count). The Morgan fingerprint density at radius 1 is 1.41 bits per heavy atom. The highest BCUT2D eigenvalue weighted by Crippen LogP contribution is 2.18. The lowest BCUT2D eigenvalue weighted by atomic mass is 10.1. The summed E-state index contributed by atoms with van der Waals surface area (Å²) in [4.78, 5) is 4.16. The lowest BCUT2D eigenvalue weighted by Gasteiger charge is -2.12. The summed E-state index contributed by atoms with van der Waals surface area (Å²) in [6.07, 6.45) is 5.76. The van der Waals surface area contributed by atoms with Gasteiger partial charge in [-0.15, -0.1) is 0 Å². The molecular weight excluding hydrogens is 214 g/mol. The molecular formula is C12H13N5. The second-order valence-electron chi connectivity index (χ2n) is 4.09. The highest BCUT2D eigenvalue weighted by atomic mass is 15.2. The van der Waals surface area contributed by atoms with E-state index in [1.165, 1.54) is 5.56 Å². The molecule has 0 unspecified atom stereocenters. The second-order valence-corrected chi connectivity index (χ2v) is 4.09. The first-order valence-corrected chi connectivity index (χ1v) is 5.44. The lowest BCUT2D eigenvalue weighted by molar-refractivity contribution is 0.954. The van der Waals surface area contributed by atoms with Crippen molar-refractivity contribution >= 4 is 17.0 Å². The zero-order valence-corrected chi connectivity index (χ0v) is 9.51. The standard InChI is InChI=1S/C12H13N5/c1-8-4-16-17-7-9(2-3-11(8)17)10-5-14-12(13)15-6-10/h2-5,7H,6H2,1H3,(H3,13,14,15). The van der Waals surface area contributed by atoms with Gasteiger partial charge in [0, 0.05) is 12.4 Å². The van der Waals surface area contributed by atoms with Crippen molar-refractivity contribution in [1.29, 1.82) is 0 Å². The number of hydrogen-bond donors (Lipinski definition) is 2. The molecule has 0 saturated carbocycles. The first kappa shape index (κ1) is 9.89. The summed E-state index contributed by atoms with van der Waals surface area (Å²) in [6.45, 7) is 2.65. The molecule has 5 nitrogen and oxygen atoms in total. The topological polar surface area (TPSA) is 67.7 Å². The molecule has 2 aromatic heterocycles. The van der Waals surface area contributed by atoms with Gasteiger partial charge in [0.15, 0.2) is 5.96 Å². The molecule has 0 fully saturated rings. The third-order valence-electron chi connectivity index (χ3n) is 2.89. The minimum Gasteiger partial charge on any atom is -0.370 e. The number of aliphatic imine (C=N–C) groups is 1. The summed E-state index contributed by atoms with van der Waals surface area (Å²) in [5.41, 5.74) is 10.1. The van der Waals surface area contributed by atoms with E-state index in [0.717, 1.165) is 16.7 Å². The van der Waals surface area contributed by atoms with Gasteiger partial charge < -0.3 is 11.1 Å². The van der Waals surface area contributed by atoms with Crippen LogP contribution in [0.5, 0.6) is 0 Å². The fourth-order valence-corrected chi connectivity index (χ4v) is 1.90. The third-order valence-corrected chi connectivity index (χ3v) is 2.89. The van der Waals surface area contributed by atoms with Crippen LogP contribution in [-0.2, 0) is 0 Å². The Balaban J connectivity index is 2.01. The number of aromatic nitrogens is 2. The van der Waals surface area contributed by atoms with Gasteiger partial charge >= 0.3 is 0 Å². The quantitative estimate of drug-likeness (QED) is 0.760. The van der Waals surface area contributed by atoms with Gasteiger partial charge in [0.05, 0.1) is 18.3 Å². The monoisotopic (exact) mass is 227 g/mol. The van der Waals surface area contributed by atoms with Crippen molar-refractivity contribution in [2.45, 2.75) is 6.92 Å². The summed E-state index contributed by atoms with van der Waals surface area (Å²) >= 11 is 0. The molecule has 3 heterocycles. The van der Waals surface area contributed by atoms with E-state index in [1.807, 2.05) is 23.1 Å². The van der Waals surface area contributed by atoms with Crippen molar-refractivity contribution in [3.05, 3.63) is 41.9 Å². The summed E-state index contributed by atoms with van der Waals surface area (Å²) in [5.74, 6) is 0.463. The van der Waals surface area contributed by atoms with Crippen LogP contribution in [0, 0.1) is 6.92 Å². The molecule has 2 aromatic rings. The van der Waals surface area contributed by atoms with Crippen molar-refractivity contribution in [1.82, 2.24) is 14.9 Å². The fourth-order valence-electron chi connectivity index (χ4n) is 1.90. The van der Waals surface area contributed by atoms with Gasteiger partial charge in [0.2, 0.25) is 0 Å². The molecule has 0 atom stereocenters. The summed E-state index contributed by atoms with van der Waals surface area (Å²) < 4.78 is 1.88. The van der Waals surface area contributed by atoms with E-state index in [9.17, 15) is 0 Å². The normalized spacial score (nSPS) is 15.4. The molecule has 0 radical (unpaired) electrons. The molecule has 3 N–H and O–H groups in total. The lowest BCUT2D eigenvalue weighted by Crippen LogP contribution is -2.30. The van der Waals surface area contributed by atoms with E-state index in [1.54, 1.807) is 0 Å². The third kappa shape index (κ3) is 1.65. The average molecular weight is 227 g/mol. The van der Waals surface area contributed by atoms with Gasteiger partial charge in [0.25, 0.3) is 0 Å².